The number of carbonyl (C=O) groups is 1. The second-order valence-electron chi connectivity index (χ2n) is 4.30. The molecule has 0 spiro atoms. The van der Waals surface area contributed by atoms with Crippen molar-refractivity contribution in [2.45, 2.75) is 12.3 Å². The largest absolute Gasteiger partial charge is 0.478 e. The SMILES string of the molecule is O=C(O)c1ccc2c(Cl)nc(C3CCOC3)n2c1. The Morgan fingerprint density at radius 3 is 3.06 bits per heavy atom. The molecule has 0 amide bonds. The van der Waals surface area contributed by atoms with Crippen molar-refractivity contribution in [1.29, 1.82) is 0 Å². The first kappa shape index (κ1) is 11.5. The molecule has 0 radical (unpaired) electrons. The van der Waals surface area contributed by atoms with Crippen LogP contribution < -0.4 is 0 Å². The van der Waals surface area contributed by atoms with Crippen LogP contribution in [0.2, 0.25) is 5.15 Å². The van der Waals surface area contributed by atoms with E-state index in [4.69, 9.17) is 21.4 Å². The van der Waals surface area contributed by atoms with E-state index in [9.17, 15) is 4.79 Å². The average Bonchev–Trinajstić information content (AvgIpc) is 2.97. The van der Waals surface area contributed by atoms with Crippen molar-refractivity contribution >= 4 is 23.1 Å². The standard InChI is InChI=1S/C12H11ClN2O3/c13-10-9-2-1-7(12(16)17)5-15(9)11(14-10)8-3-4-18-6-8/h1-2,5,8H,3-4,6H2,(H,16,17). The van der Waals surface area contributed by atoms with Crippen molar-refractivity contribution in [2.75, 3.05) is 13.2 Å². The van der Waals surface area contributed by atoms with Gasteiger partial charge >= 0.3 is 5.97 Å². The van der Waals surface area contributed by atoms with E-state index < -0.39 is 5.97 Å². The lowest BCUT2D eigenvalue weighted by atomic mass is 10.1. The molecule has 1 saturated heterocycles. The first-order chi connectivity index (χ1) is 8.66. The van der Waals surface area contributed by atoms with Crippen molar-refractivity contribution in [3.63, 3.8) is 0 Å². The predicted molar refractivity (Wildman–Crippen MR) is 65.3 cm³/mol. The first-order valence-electron chi connectivity index (χ1n) is 5.65. The van der Waals surface area contributed by atoms with Gasteiger partial charge in [0.05, 0.1) is 17.7 Å². The Morgan fingerprint density at radius 2 is 2.39 bits per heavy atom. The molecular formula is C12H11ClN2O3. The maximum atomic E-state index is 11.0. The van der Waals surface area contributed by atoms with Gasteiger partial charge in [0.15, 0.2) is 5.15 Å². The number of carboxylic acid groups (broad SMARTS) is 1. The minimum atomic E-state index is -0.963. The fourth-order valence-corrected chi connectivity index (χ4v) is 2.46. The van der Waals surface area contributed by atoms with Crippen LogP contribution in [-0.2, 0) is 4.74 Å². The van der Waals surface area contributed by atoms with Crippen molar-refractivity contribution < 1.29 is 14.6 Å². The summed E-state index contributed by atoms with van der Waals surface area (Å²) in [4.78, 5) is 15.3. The number of hydrogen-bond acceptors (Lipinski definition) is 3. The van der Waals surface area contributed by atoms with Gasteiger partial charge in [-0.3, -0.25) is 0 Å². The summed E-state index contributed by atoms with van der Waals surface area (Å²) in [6, 6.07) is 3.21. The van der Waals surface area contributed by atoms with Gasteiger partial charge in [-0.25, -0.2) is 9.78 Å². The zero-order chi connectivity index (χ0) is 12.7. The van der Waals surface area contributed by atoms with Crippen molar-refractivity contribution in [1.82, 2.24) is 9.38 Å². The van der Waals surface area contributed by atoms with E-state index in [2.05, 4.69) is 4.98 Å². The summed E-state index contributed by atoms with van der Waals surface area (Å²) in [6.45, 7) is 1.31. The molecule has 1 N–H and O–H groups in total. The van der Waals surface area contributed by atoms with E-state index in [0.717, 1.165) is 17.8 Å². The van der Waals surface area contributed by atoms with Crippen LogP contribution in [0.15, 0.2) is 18.3 Å². The highest BCUT2D eigenvalue weighted by molar-refractivity contribution is 6.32. The second-order valence-corrected chi connectivity index (χ2v) is 4.66. The molecule has 5 nitrogen and oxygen atoms in total. The number of nitrogens with zero attached hydrogens (tertiary/aromatic N) is 2. The maximum absolute atomic E-state index is 11.0. The lowest BCUT2D eigenvalue weighted by Crippen LogP contribution is -2.06. The van der Waals surface area contributed by atoms with Crippen LogP contribution in [0.1, 0.15) is 28.5 Å². The van der Waals surface area contributed by atoms with E-state index in [0.29, 0.717) is 18.4 Å². The summed E-state index contributed by atoms with van der Waals surface area (Å²) >= 11 is 6.07. The molecule has 1 unspecified atom stereocenters. The molecule has 94 valence electrons. The van der Waals surface area contributed by atoms with E-state index in [1.54, 1.807) is 16.7 Å². The summed E-state index contributed by atoms with van der Waals surface area (Å²) in [5.41, 5.74) is 0.945. The Labute approximate surface area is 108 Å². The van der Waals surface area contributed by atoms with Crippen LogP contribution in [0.4, 0.5) is 0 Å². The molecule has 0 aliphatic carbocycles. The molecule has 0 aromatic carbocycles. The molecule has 2 aromatic rings. The van der Waals surface area contributed by atoms with E-state index >= 15 is 0 Å². The number of aromatic nitrogens is 2. The molecule has 2 aromatic heterocycles. The first-order valence-corrected chi connectivity index (χ1v) is 6.03. The Balaban J connectivity index is 2.18. The third-order valence-electron chi connectivity index (χ3n) is 3.16. The molecule has 1 aliphatic heterocycles. The van der Waals surface area contributed by atoms with Crippen molar-refractivity contribution in [2.24, 2.45) is 0 Å². The van der Waals surface area contributed by atoms with E-state index in [-0.39, 0.29) is 11.5 Å². The Kier molecular flexibility index (Phi) is 2.72. The van der Waals surface area contributed by atoms with Gasteiger partial charge in [-0.2, -0.15) is 0 Å². The third kappa shape index (κ3) is 1.76. The monoisotopic (exact) mass is 266 g/mol. The summed E-state index contributed by atoms with van der Waals surface area (Å²) in [7, 11) is 0. The van der Waals surface area contributed by atoms with Gasteiger partial charge in [0, 0.05) is 18.7 Å². The number of carboxylic acids is 1. The number of halogens is 1. The van der Waals surface area contributed by atoms with Crippen LogP contribution in [0.25, 0.3) is 5.52 Å². The minimum Gasteiger partial charge on any atom is -0.478 e. The van der Waals surface area contributed by atoms with Crippen LogP contribution in [-0.4, -0.2) is 33.7 Å². The van der Waals surface area contributed by atoms with Gasteiger partial charge < -0.3 is 14.2 Å². The lowest BCUT2D eigenvalue weighted by Gasteiger charge is -2.06. The molecule has 0 bridgehead atoms. The summed E-state index contributed by atoms with van der Waals surface area (Å²) in [6.07, 6.45) is 2.44. The highest BCUT2D eigenvalue weighted by Crippen LogP contribution is 2.28. The number of fused-ring (bicyclic) bond motifs is 1. The molecule has 6 heteroatoms. The van der Waals surface area contributed by atoms with Crippen LogP contribution in [0, 0.1) is 0 Å². The summed E-state index contributed by atoms with van der Waals surface area (Å²) in [5.74, 6) is -0.0139. The number of rotatable bonds is 2. The van der Waals surface area contributed by atoms with E-state index in [1.165, 1.54) is 6.07 Å². The molecule has 1 atom stereocenters. The highest BCUT2D eigenvalue weighted by atomic mass is 35.5. The highest BCUT2D eigenvalue weighted by Gasteiger charge is 2.24. The zero-order valence-electron chi connectivity index (χ0n) is 9.47. The zero-order valence-corrected chi connectivity index (χ0v) is 10.2. The maximum Gasteiger partial charge on any atom is 0.337 e. The molecular weight excluding hydrogens is 256 g/mol. The van der Waals surface area contributed by atoms with Crippen LogP contribution >= 0.6 is 11.6 Å². The lowest BCUT2D eigenvalue weighted by molar-refractivity contribution is 0.0696. The quantitative estimate of drug-likeness (QED) is 0.905. The Bertz CT molecular complexity index is 617. The topological polar surface area (TPSA) is 63.8 Å². The van der Waals surface area contributed by atoms with Gasteiger partial charge in [-0.05, 0) is 18.6 Å². The second kappa shape index (κ2) is 4.26. The third-order valence-corrected chi connectivity index (χ3v) is 3.44. The van der Waals surface area contributed by atoms with Gasteiger partial charge in [0.25, 0.3) is 0 Å². The summed E-state index contributed by atoms with van der Waals surface area (Å²) in [5, 5.41) is 9.41. The number of imidazole rings is 1. The molecule has 0 saturated carbocycles. The Morgan fingerprint density at radius 1 is 1.56 bits per heavy atom. The predicted octanol–water partition coefficient (Wildman–Crippen LogP) is 2.19. The van der Waals surface area contributed by atoms with Crippen LogP contribution in [0.5, 0.6) is 0 Å². The molecule has 3 heterocycles. The minimum absolute atomic E-state index is 0.175. The average molecular weight is 267 g/mol. The molecule has 1 aliphatic rings. The Hall–Kier alpha value is -1.59. The van der Waals surface area contributed by atoms with Crippen molar-refractivity contribution in [3.05, 3.63) is 34.9 Å². The molecule has 3 rings (SSSR count). The molecule has 18 heavy (non-hydrogen) atoms. The number of aromatic carboxylic acids is 1. The fourth-order valence-electron chi connectivity index (χ4n) is 2.22. The smallest absolute Gasteiger partial charge is 0.337 e. The fraction of sp³-hybridized carbons (Fsp3) is 0.333. The van der Waals surface area contributed by atoms with Gasteiger partial charge in [-0.15, -0.1) is 0 Å². The number of pyridine rings is 1. The summed E-state index contributed by atoms with van der Waals surface area (Å²) < 4.78 is 7.09. The van der Waals surface area contributed by atoms with Crippen molar-refractivity contribution in [3.8, 4) is 0 Å². The molecule has 1 fully saturated rings. The van der Waals surface area contributed by atoms with E-state index in [1.807, 2.05) is 0 Å². The van der Waals surface area contributed by atoms with Gasteiger partial charge in [0.1, 0.15) is 5.82 Å². The number of hydrogen-bond donors (Lipinski definition) is 1. The van der Waals surface area contributed by atoms with Gasteiger partial charge in [0.2, 0.25) is 0 Å². The van der Waals surface area contributed by atoms with Gasteiger partial charge in [-0.1, -0.05) is 11.6 Å². The van der Waals surface area contributed by atoms with Crippen LogP contribution in [0.3, 0.4) is 0 Å². The normalized spacial score (nSPS) is 19.5. The number of ether oxygens (including phenoxy) is 1.